The van der Waals surface area contributed by atoms with Crippen LogP contribution >= 0.6 is 0 Å². The summed E-state index contributed by atoms with van der Waals surface area (Å²) in [5.74, 6) is -0.736. The molecule has 0 bridgehead atoms. The van der Waals surface area contributed by atoms with Crippen molar-refractivity contribution in [2.24, 2.45) is 11.0 Å². The first kappa shape index (κ1) is 24.1. The number of rotatable bonds is 8. The largest absolute Gasteiger partial charge is 0.457 e. The van der Waals surface area contributed by atoms with E-state index >= 15 is 0 Å². The van der Waals surface area contributed by atoms with Gasteiger partial charge in [0.15, 0.2) is 0 Å². The number of carbonyl (C=O) groups excluding carboxylic acids is 1. The molecule has 0 saturated carbocycles. The van der Waals surface area contributed by atoms with Crippen LogP contribution in [-0.2, 0) is 24.3 Å². The molecule has 2 heterocycles. The van der Waals surface area contributed by atoms with Crippen molar-refractivity contribution >= 4 is 23.1 Å². The van der Waals surface area contributed by atoms with Crippen LogP contribution in [0, 0.1) is 5.92 Å². The Morgan fingerprint density at radius 1 is 1.28 bits per heavy atom. The van der Waals surface area contributed by atoms with Gasteiger partial charge in [0.2, 0.25) is 0 Å². The Morgan fingerprint density at radius 3 is 2.28 bits per heavy atom. The molecule has 0 aromatic carbocycles. The van der Waals surface area contributed by atoms with E-state index in [4.69, 9.17) is 14.8 Å². The topological polar surface area (TPSA) is 125 Å². The average molecular weight is 429 g/mol. The predicted molar refractivity (Wildman–Crippen MR) is 110 cm³/mol. The smallest absolute Gasteiger partial charge is 0.403 e. The summed E-state index contributed by atoms with van der Waals surface area (Å²) in [5.41, 5.74) is 6.82. The molecule has 0 spiro atoms. The Morgan fingerprint density at radius 2 is 1.83 bits per heavy atom. The molecule has 0 N–H and O–H groups in total. The first-order valence-electron chi connectivity index (χ1n) is 9.80. The van der Waals surface area contributed by atoms with Gasteiger partial charge in [0.05, 0.1) is 11.2 Å². The summed E-state index contributed by atoms with van der Waals surface area (Å²) < 4.78 is 39.5. The Balaban J connectivity index is 2.14. The highest BCUT2D eigenvalue weighted by atomic mass is 32.2. The summed E-state index contributed by atoms with van der Waals surface area (Å²) in [6, 6.07) is 0. The van der Waals surface area contributed by atoms with Gasteiger partial charge in [-0.25, -0.2) is 0 Å². The highest BCUT2D eigenvalue weighted by Gasteiger charge is 2.54. The van der Waals surface area contributed by atoms with Crippen LogP contribution in [0.2, 0.25) is 6.32 Å². The lowest BCUT2D eigenvalue weighted by Gasteiger charge is -2.32. The van der Waals surface area contributed by atoms with E-state index in [1.807, 2.05) is 27.7 Å². The van der Waals surface area contributed by atoms with Gasteiger partial charge in [-0.05, 0) is 58.8 Å². The van der Waals surface area contributed by atoms with E-state index < -0.39 is 32.9 Å². The molecule has 164 valence electrons. The summed E-state index contributed by atoms with van der Waals surface area (Å²) in [6.07, 6.45) is 1.77. The van der Waals surface area contributed by atoms with Crippen molar-refractivity contribution in [3.63, 3.8) is 0 Å². The number of Topliss-reactive ketones (excluding diaryl/α,β-unsaturated/α-hetero) is 1. The van der Waals surface area contributed by atoms with Gasteiger partial charge in [0.1, 0.15) is 11.3 Å². The van der Waals surface area contributed by atoms with Gasteiger partial charge < -0.3 is 9.31 Å². The standard InChI is InChI=1S/C17H32BN5O5S/c1-13(24)17(20-21-19)12-23(29(25,26)22(6)7)11-14(17)9-8-10-18-27-15(2,3)16(4,5)28-18/h14H,8-12H2,1-7H3/t14-,17+/m0/s1. The van der Waals surface area contributed by atoms with Crippen LogP contribution in [0.1, 0.15) is 47.5 Å². The molecule has 0 unspecified atom stereocenters. The molecule has 2 rings (SSSR count). The lowest BCUT2D eigenvalue weighted by Crippen LogP contribution is -2.45. The van der Waals surface area contributed by atoms with E-state index in [1.165, 1.54) is 25.3 Å². The third-order valence-corrected chi connectivity index (χ3v) is 8.29. The maximum Gasteiger partial charge on any atom is 0.457 e. The third-order valence-electron chi connectivity index (χ3n) is 6.43. The van der Waals surface area contributed by atoms with Crippen molar-refractivity contribution in [1.29, 1.82) is 0 Å². The second kappa shape index (κ2) is 8.17. The van der Waals surface area contributed by atoms with Gasteiger partial charge >= 0.3 is 7.12 Å². The molecule has 0 aromatic heterocycles. The van der Waals surface area contributed by atoms with Crippen LogP contribution in [-0.4, -0.2) is 73.9 Å². The van der Waals surface area contributed by atoms with E-state index in [9.17, 15) is 13.2 Å². The second-order valence-corrected chi connectivity index (χ2v) is 11.2. The molecule has 10 nitrogen and oxygen atoms in total. The minimum absolute atomic E-state index is 0.127. The van der Waals surface area contributed by atoms with Crippen LogP contribution in [0.25, 0.3) is 10.4 Å². The van der Waals surface area contributed by atoms with Crippen molar-refractivity contribution in [1.82, 2.24) is 8.61 Å². The normalized spacial score (nSPS) is 29.2. The van der Waals surface area contributed by atoms with Crippen LogP contribution in [0.5, 0.6) is 0 Å². The van der Waals surface area contributed by atoms with E-state index in [0.29, 0.717) is 19.2 Å². The zero-order valence-corrected chi connectivity index (χ0v) is 19.2. The molecule has 2 saturated heterocycles. The Kier molecular flexibility index (Phi) is 6.79. The van der Waals surface area contributed by atoms with E-state index in [1.54, 1.807) is 0 Å². The molecule has 0 amide bonds. The molecule has 2 aliphatic rings. The van der Waals surface area contributed by atoms with Gasteiger partial charge in [-0.15, -0.1) is 0 Å². The van der Waals surface area contributed by atoms with Crippen molar-refractivity contribution in [2.75, 3.05) is 27.2 Å². The summed E-state index contributed by atoms with van der Waals surface area (Å²) in [6.45, 7) is 9.26. The molecular weight excluding hydrogens is 397 g/mol. The Labute approximate surface area is 173 Å². The van der Waals surface area contributed by atoms with Crippen molar-refractivity contribution in [3.05, 3.63) is 10.4 Å². The Bertz CT molecular complexity index is 776. The zero-order valence-electron chi connectivity index (χ0n) is 18.4. The first-order chi connectivity index (χ1) is 13.2. The van der Waals surface area contributed by atoms with Crippen molar-refractivity contribution in [3.8, 4) is 0 Å². The van der Waals surface area contributed by atoms with Crippen LogP contribution in [0.15, 0.2) is 5.11 Å². The summed E-state index contributed by atoms with van der Waals surface area (Å²) in [5, 5.41) is 3.80. The summed E-state index contributed by atoms with van der Waals surface area (Å²) in [7, 11) is -1.22. The lowest BCUT2D eigenvalue weighted by molar-refractivity contribution is -0.122. The molecule has 2 fully saturated rings. The summed E-state index contributed by atoms with van der Waals surface area (Å²) >= 11 is 0. The van der Waals surface area contributed by atoms with Crippen molar-refractivity contribution in [2.45, 2.75) is 70.5 Å². The third kappa shape index (κ3) is 4.47. The van der Waals surface area contributed by atoms with Gasteiger partial charge in [0, 0.05) is 32.1 Å². The second-order valence-electron chi connectivity index (χ2n) is 9.07. The number of hydrogen-bond donors (Lipinski definition) is 0. The van der Waals surface area contributed by atoms with Gasteiger partial charge in [-0.2, -0.15) is 17.0 Å². The molecule has 0 radical (unpaired) electrons. The fraction of sp³-hybridized carbons (Fsp3) is 0.941. The fourth-order valence-corrected chi connectivity index (χ4v) is 5.06. The minimum atomic E-state index is -3.72. The van der Waals surface area contributed by atoms with Crippen LogP contribution in [0.4, 0.5) is 0 Å². The number of nitrogens with zero attached hydrogens (tertiary/aromatic N) is 5. The molecule has 0 aliphatic carbocycles. The van der Waals surface area contributed by atoms with E-state index in [2.05, 4.69) is 10.0 Å². The monoisotopic (exact) mass is 429 g/mol. The van der Waals surface area contributed by atoms with E-state index in [-0.39, 0.29) is 26.0 Å². The molecule has 2 atom stereocenters. The zero-order chi connectivity index (χ0) is 22.3. The SMILES string of the molecule is CC(=O)[C@]1(N=[N+]=[N-])CN(S(=O)(=O)N(C)C)C[C@@H]1CCCB1OC(C)(C)C(C)(C)O1. The number of ketones is 1. The minimum Gasteiger partial charge on any atom is -0.403 e. The van der Waals surface area contributed by atoms with Crippen LogP contribution in [0.3, 0.4) is 0 Å². The lowest BCUT2D eigenvalue weighted by atomic mass is 9.77. The van der Waals surface area contributed by atoms with Gasteiger partial charge in [-0.1, -0.05) is 11.5 Å². The molecular formula is C17H32BN5O5S. The van der Waals surface area contributed by atoms with Gasteiger partial charge in [0.25, 0.3) is 10.2 Å². The van der Waals surface area contributed by atoms with Crippen LogP contribution < -0.4 is 0 Å². The van der Waals surface area contributed by atoms with Gasteiger partial charge in [-0.3, -0.25) is 4.79 Å². The summed E-state index contributed by atoms with van der Waals surface area (Å²) in [4.78, 5) is 15.3. The molecule has 29 heavy (non-hydrogen) atoms. The molecule has 12 heteroatoms. The number of carbonyl (C=O) groups is 1. The molecule has 2 aliphatic heterocycles. The predicted octanol–water partition coefficient (Wildman–Crippen LogP) is 2.24. The van der Waals surface area contributed by atoms with Crippen molar-refractivity contribution < 1.29 is 22.5 Å². The molecule has 0 aromatic rings. The maximum atomic E-state index is 12.6. The average Bonchev–Trinajstić information content (AvgIpc) is 3.03. The number of azide groups is 1. The quantitative estimate of drug-likeness (QED) is 0.253. The Hall–Kier alpha value is -1.17. The fourth-order valence-electron chi connectivity index (χ4n) is 3.87. The first-order valence-corrected chi connectivity index (χ1v) is 11.2. The highest BCUT2D eigenvalue weighted by Crippen LogP contribution is 2.40. The maximum absolute atomic E-state index is 12.6. The highest BCUT2D eigenvalue weighted by molar-refractivity contribution is 7.86. The van der Waals surface area contributed by atoms with E-state index in [0.717, 1.165) is 4.31 Å². The number of hydrogen-bond acceptors (Lipinski definition) is 6.